The molecule has 0 spiro atoms. The summed E-state index contributed by atoms with van der Waals surface area (Å²) in [5.41, 5.74) is 0. The van der Waals surface area contributed by atoms with Crippen LogP contribution in [0.5, 0.6) is 0 Å². The van der Waals surface area contributed by atoms with E-state index in [9.17, 15) is 15.3 Å². The van der Waals surface area contributed by atoms with Gasteiger partial charge in [-0.25, -0.2) is 0 Å². The van der Waals surface area contributed by atoms with Crippen LogP contribution >= 0.6 is 0 Å². The summed E-state index contributed by atoms with van der Waals surface area (Å²) in [5.74, 6) is 0. The van der Waals surface area contributed by atoms with Crippen molar-refractivity contribution in [2.45, 2.75) is 76.2 Å². The lowest BCUT2D eigenvalue weighted by atomic mass is 9.99. The molecule has 0 aromatic heterocycles. The van der Waals surface area contributed by atoms with Gasteiger partial charge < -0.3 is 29.9 Å². The van der Waals surface area contributed by atoms with E-state index < -0.39 is 37.3 Å². The fraction of sp³-hybridized carbons (Fsp3) is 1.00. The molecule has 6 nitrogen and oxygen atoms in total. The molecule has 6 heteroatoms. The van der Waals surface area contributed by atoms with Crippen LogP contribution in [0.2, 0.25) is 0 Å². The first-order valence-corrected chi connectivity index (χ1v) is 7.54. The highest BCUT2D eigenvalue weighted by molar-refractivity contribution is 4.88. The van der Waals surface area contributed by atoms with Crippen LogP contribution in [0.15, 0.2) is 0 Å². The van der Waals surface area contributed by atoms with Crippen LogP contribution in [0, 0.1) is 0 Å². The minimum Gasteiger partial charge on any atom is -0.394 e. The molecule has 0 aromatic rings. The Kier molecular flexibility index (Phi) is 8.60. The molecular weight excluding hydrogens is 264 g/mol. The molecule has 1 heterocycles. The van der Waals surface area contributed by atoms with Crippen molar-refractivity contribution in [3.8, 4) is 0 Å². The van der Waals surface area contributed by atoms with Gasteiger partial charge in [0.1, 0.15) is 24.4 Å². The van der Waals surface area contributed by atoms with Crippen LogP contribution in [-0.2, 0) is 9.47 Å². The minimum atomic E-state index is -1.37. The third-order valence-electron chi connectivity index (χ3n) is 3.63. The molecule has 0 radical (unpaired) electrons. The predicted molar refractivity (Wildman–Crippen MR) is 73.1 cm³/mol. The highest BCUT2D eigenvalue weighted by Gasteiger charge is 2.43. The highest BCUT2D eigenvalue weighted by Crippen LogP contribution is 2.22. The average molecular weight is 292 g/mol. The molecule has 1 fully saturated rings. The summed E-state index contributed by atoms with van der Waals surface area (Å²) in [6.07, 6.45) is 0.851. The molecule has 0 amide bonds. The van der Waals surface area contributed by atoms with Gasteiger partial charge in [-0.3, -0.25) is 0 Å². The fourth-order valence-corrected chi connectivity index (χ4v) is 2.29. The van der Waals surface area contributed by atoms with Crippen LogP contribution in [0.1, 0.15) is 45.4 Å². The third-order valence-corrected chi connectivity index (χ3v) is 3.63. The topological polar surface area (TPSA) is 99.4 Å². The summed E-state index contributed by atoms with van der Waals surface area (Å²) in [7, 11) is 0. The summed E-state index contributed by atoms with van der Waals surface area (Å²) in [4.78, 5) is 0. The Labute approximate surface area is 120 Å². The molecule has 0 aliphatic carbocycles. The van der Waals surface area contributed by atoms with Crippen molar-refractivity contribution < 1.29 is 29.9 Å². The SMILES string of the molecule is CCCCCCCCO[C@@H]1O[C@H](CO)[C@H](O)[C@@H](O)[C@@H]1O. The van der Waals surface area contributed by atoms with Gasteiger partial charge in [0.15, 0.2) is 6.29 Å². The predicted octanol–water partition coefficient (Wildman–Crippen LogP) is 0.163. The van der Waals surface area contributed by atoms with E-state index >= 15 is 0 Å². The standard InChI is InChI=1S/C14H28O6/c1-2-3-4-5-6-7-8-19-14-13(18)12(17)11(16)10(9-15)20-14/h10-18H,2-9H2,1H3/t10-,11+,12-,13+,14-/m1/s1. The van der Waals surface area contributed by atoms with E-state index in [-0.39, 0.29) is 0 Å². The lowest BCUT2D eigenvalue weighted by molar-refractivity contribution is -0.301. The summed E-state index contributed by atoms with van der Waals surface area (Å²) in [6, 6.07) is 0. The van der Waals surface area contributed by atoms with E-state index in [4.69, 9.17) is 14.6 Å². The molecule has 1 saturated heterocycles. The molecule has 1 rings (SSSR count). The molecule has 4 N–H and O–H groups in total. The van der Waals surface area contributed by atoms with Gasteiger partial charge in [0.2, 0.25) is 0 Å². The van der Waals surface area contributed by atoms with Crippen molar-refractivity contribution in [2.75, 3.05) is 13.2 Å². The van der Waals surface area contributed by atoms with Crippen LogP contribution in [0.4, 0.5) is 0 Å². The van der Waals surface area contributed by atoms with Gasteiger partial charge in [-0.05, 0) is 6.42 Å². The van der Waals surface area contributed by atoms with Crippen molar-refractivity contribution in [3.63, 3.8) is 0 Å². The largest absolute Gasteiger partial charge is 0.394 e. The van der Waals surface area contributed by atoms with Crippen molar-refractivity contribution in [1.82, 2.24) is 0 Å². The van der Waals surface area contributed by atoms with E-state index in [1.54, 1.807) is 0 Å². The second kappa shape index (κ2) is 9.65. The van der Waals surface area contributed by atoms with Crippen LogP contribution in [0.3, 0.4) is 0 Å². The first-order valence-electron chi connectivity index (χ1n) is 7.54. The molecule has 5 atom stereocenters. The summed E-state index contributed by atoms with van der Waals surface area (Å²) in [6.45, 7) is 2.17. The lowest BCUT2D eigenvalue weighted by Gasteiger charge is -2.39. The van der Waals surface area contributed by atoms with E-state index in [0.717, 1.165) is 19.3 Å². The Balaban J connectivity index is 2.21. The maximum absolute atomic E-state index is 9.75. The number of unbranched alkanes of at least 4 members (excludes halogenated alkanes) is 5. The molecule has 0 aromatic carbocycles. The van der Waals surface area contributed by atoms with Gasteiger partial charge in [0, 0.05) is 6.61 Å². The molecule has 0 bridgehead atoms. The number of hydrogen-bond donors (Lipinski definition) is 4. The monoisotopic (exact) mass is 292 g/mol. The Morgan fingerprint density at radius 3 is 2.20 bits per heavy atom. The lowest BCUT2D eigenvalue weighted by Crippen LogP contribution is -2.59. The van der Waals surface area contributed by atoms with Crippen LogP contribution in [-0.4, -0.2) is 64.3 Å². The highest BCUT2D eigenvalue weighted by atomic mass is 16.7. The Hall–Kier alpha value is -0.240. The molecule has 120 valence electrons. The van der Waals surface area contributed by atoms with Gasteiger partial charge in [-0.2, -0.15) is 0 Å². The van der Waals surface area contributed by atoms with Crippen molar-refractivity contribution in [2.24, 2.45) is 0 Å². The first kappa shape index (κ1) is 17.8. The van der Waals surface area contributed by atoms with E-state index in [2.05, 4.69) is 6.92 Å². The second-order valence-corrected chi connectivity index (χ2v) is 5.34. The van der Waals surface area contributed by atoms with E-state index in [1.165, 1.54) is 19.3 Å². The van der Waals surface area contributed by atoms with Gasteiger partial charge in [-0.15, -0.1) is 0 Å². The van der Waals surface area contributed by atoms with Crippen LogP contribution < -0.4 is 0 Å². The number of hydrogen-bond acceptors (Lipinski definition) is 6. The van der Waals surface area contributed by atoms with Crippen molar-refractivity contribution in [1.29, 1.82) is 0 Å². The zero-order valence-electron chi connectivity index (χ0n) is 12.1. The van der Waals surface area contributed by atoms with Crippen molar-refractivity contribution in [3.05, 3.63) is 0 Å². The normalized spacial score (nSPS) is 34.4. The molecule has 0 saturated carbocycles. The molecule has 1 aliphatic rings. The van der Waals surface area contributed by atoms with E-state index in [0.29, 0.717) is 6.61 Å². The number of ether oxygens (including phenoxy) is 2. The van der Waals surface area contributed by atoms with Gasteiger partial charge >= 0.3 is 0 Å². The average Bonchev–Trinajstić information content (AvgIpc) is 2.46. The minimum absolute atomic E-state index is 0.425. The van der Waals surface area contributed by atoms with Gasteiger partial charge in [-0.1, -0.05) is 39.0 Å². The van der Waals surface area contributed by atoms with Gasteiger partial charge in [0.05, 0.1) is 6.61 Å². The maximum atomic E-state index is 9.75. The Morgan fingerprint density at radius 1 is 0.900 bits per heavy atom. The Bertz CT molecular complexity index is 248. The zero-order valence-corrected chi connectivity index (χ0v) is 12.1. The summed E-state index contributed by atoms with van der Waals surface area (Å²) < 4.78 is 10.6. The number of aliphatic hydroxyl groups excluding tert-OH is 4. The van der Waals surface area contributed by atoms with Crippen LogP contribution in [0.25, 0.3) is 0 Å². The maximum Gasteiger partial charge on any atom is 0.186 e. The fourth-order valence-electron chi connectivity index (χ4n) is 2.29. The molecule has 1 aliphatic heterocycles. The number of aliphatic hydroxyl groups is 4. The van der Waals surface area contributed by atoms with E-state index in [1.807, 2.05) is 0 Å². The van der Waals surface area contributed by atoms with Crippen molar-refractivity contribution >= 4 is 0 Å². The number of rotatable bonds is 9. The quantitative estimate of drug-likeness (QED) is 0.452. The zero-order chi connectivity index (χ0) is 15.0. The molecule has 20 heavy (non-hydrogen) atoms. The summed E-state index contributed by atoms with van der Waals surface area (Å²) in [5, 5.41) is 38.0. The molecule has 0 unspecified atom stereocenters. The summed E-state index contributed by atoms with van der Waals surface area (Å²) >= 11 is 0. The molecular formula is C14H28O6. The third kappa shape index (κ3) is 5.27. The van der Waals surface area contributed by atoms with Gasteiger partial charge in [0.25, 0.3) is 0 Å². The first-order chi connectivity index (χ1) is 9.61. The second-order valence-electron chi connectivity index (χ2n) is 5.34. The smallest absolute Gasteiger partial charge is 0.186 e. The Morgan fingerprint density at radius 2 is 1.55 bits per heavy atom.